The van der Waals surface area contributed by atoms with E-state index in [2.05, 4.69) is 15.0 Å². The van der Waals surface area contributed by atoms with Crippen molar-refractivity contribution in [3.63, 3.8) is 0 Å². The standard InChI is InChI=1S/C19H24N4O3S/c24-17(15-10-16(26-21-15)14-2-3-14)22-6-1-4-19(11-22)12-23(7-8-25-13-19)18-20-5-9-27-18/h5,9-10,14H,1-4,6-8,11-13H2. The first-order valence-electron chi connectivity index (χ1n) is 9.71. The van der Waals surface area contributed by atoms with E-state index < -0.39 is 0 Å². The maximum absolute atomic E-state index is 13.0. The summed E-state index contributed by atoms with van der Waals surface area (Å²) in [5, 5.41) is 7.09. The lowest BCUT2D eigenvalue weighted by atomic mass is 9.80. The predicted octanol–water partition coefficient (Wildman–Crippen LogP) is 2.77. The summed E-state index contributed by atoms with van der Waals surface area (Å²) >= 11 is 1.66. The molecule has 1 atom stereocenters. The van der Waals surface area contributed by atoms with Gasteiger partial charge in [0.25, 0.3) is 5.91 Å². The molecule has 5 rings (SSSR count). The average molecular weight is 388 g/mol. The molecule has 8 heteroatoms. The minimum absolute atomic E-state index is 0.0187. The van der Waals surface area contributed by atoms with Crippen LogP contribution in [0.2, 0.25) is 0 Å². The fourth-order valence-electron chi connectivity index (χ4n) is 4.27. The number of piperidine rings is 1. The van der Waals surface area contributed by atoms with Gasteiger partial charge in [0.15, 0.2) is 10.8 Å². The van der Waals surface area contributed by atoms with Gasteiger partial charge in [-0.25, -0.2) is 4.98 Å². The Hall–Kier alpha value is -1.93. The molecule has 144 valence electrons. The number of nitrogens with zero attached hydrogens (tertiary/aromatic N) is 4. The summed E-state index contributed by atoms with van der Waals surface area (Å²) in [6.45, 7) is 4.56. The molecule has 7 nitrogen and oxygen atoms in total. The molecule has 1 saturated carbocycles. The van der Waals surface area contributed by atoms with E-state index in [1.165, 1.54) is 0 Å². The number of anilines is 1. The molecule has 1 unspecified atom stereocenters. The normalized spacial score (nSPS) is 26.4. The highest BCUT2D eigenvalue weighted by Gasteiger charge is 2.41. The van der Waals surface area contributed by atoms with Gasteiger partial charge in [0.2, 0.25) is 0 Å². The summed E-state index contributed by atoms with van der Waals surface area (Å²) in [5.41, 5.74) is 0.388. The van der Waals surface area contributed by atoms with E-state index in [1.807, 2.05) is 22.5 Å². The maximum atomic E-state index is 13.0. The molecule has 0 aromatic carbocycles. The van der Waals surface area contributed by atoms with E-state index in [4.69, 9.17) is 9.26 Å². The van der Waals surface area contributed by atoms with E-state index in [0.29, 0.717) is 31.4 Å². The number of aromatic nitrogens is 2. The van der Waals surface area contributed by atoms with Crippen LogP contribution >= 0.6 is 11.3 Å². The van der Waals surface area contributed by atoms with Crippen molar-refractivity contribution in [1.29, 1.82) is 0 Å². The Labute approximate surface area is 162 Å². The zero-order valence-corrected chi connectivity index (χ0v) is 16.1. The van der Waals surface area contributed by atoms with Crippen LogP contribution in [0.5, 0.6) is 0 Å². The number of rotatable bonds is 3. The Morgan fingerprint density at radius 1 is 1.30 bits per heavy atom. The Balaban J connectivity index is 1.33. The molecule has 3 aliphatic rings. The number of hydrogen-bond donors (Lipinski definition) is 0. The van der Waals surface area contributed by atoms with Crippen LogP contribution in [0, 0.1) is 5.41 Å². The minimum Gasteiger partial charge on any atom is -0.379 e. The first-order chi connectivity index (χ1) is 13.2. The minimum atomic E-state index is -0.0564. The van der Waals surface area contributed by atoms with Crippen molar-refractivity contribution >= 4 is 22.4 Å². The Bertz CT molecular complexity index is 804. The van der Waals surface area contributed by atoms with E-state index in [1.54, 1.807) is 11.3 Å². The topological polar surface area (TPSA) is 71.7 Å². The third-order valence-electron chi connectivity index (χ3n) is 5.81. The fraction of sp³-hybridized carbons (Fsp3) is 0.632. The van der Waals surface area contributed by atoms with Gasteiger partial charge in [-0.15, -0.1) is 11.3 Å². The van der Waals surface area contributed by atoms with E-state index in [0.717, 1.165) is 56.2 Å². The molecule has 3 fully saturated rings. The molecular weight excluding hydrogens is 364 g/mol. The summed E-state index contributed by atoms with van der Waals surface area (Å²) in [6.07, 6.45) is 6.16. The highest BCUT2D eigenvalue weighted by Crippen LogP contribution is 2.40. The number of amides is 1. The molecule has 1 aliphatic carbocycles. The third-order valence-corrected chi connectivity index (χ3v) is 6.64. The van der Waals surface area contributed by atoms with Crippen molar-refractivity contribution in [1.82, 2.24) is 15.0 Å². The highest BCUT2D eigenvalue weighted by molar-refractivity contribution is 7.13. The number of hydrogen-bond acceptors (Lipinski definition) is 7. The monoisotopic (exact) mass is 388 g/mol. The number of carbonyl (C=O) groups is 1. The van der Waals surface area contributed by atoms with Gasteiger partial charge in [-0.3, -0.25) is 4.79 Å². The van der Waals surface area contributed by atoms with Gasteiger partial charge in [0.05, 0.1) is 13.2 Å². The number of carbonyl (C=O) groups excluding carboxylic acids is 1. The first-order valence-corrected chi connectivity index (χ1v) is 10.6. The van der Waals surface area contributed by atoms with Crippen LogP contribution in [0.1, 0.15) is 47.8 Å². The molecule has 27 heavy (non-hydrogen) atoms. The molecule has 2 aliphatic heterocycles. The smallest absolute Gasteiger partial charge is 0.276 e. The molecule has 1 spiro atoms. The predicted molar refractivity (Wildman–Crippen MR) is 101 cm³/mol. The molecule has 0 radical (unpaired) electrons. The van der Waals surface area contributed by atoms with Crippen molar-refractivity contribution in [3.05, 3.63) is 29.1 Å². The van der Waals surface area contributed by atoms with Crippen molar-refractivity contribution in [2.24, 2.45) is 5.41 Å². The second-order valence-electron chi connectivity index (χ2n) is 8.01. The molecular formula is C19H24N4O3S. The van der Waals surface area contributed by atoms with Gasteiger partial charge >= 0.3 is 0 Å². The molecule has 0 N–H and O–H groups in total. The van der Waals surface area contributed by atoms with Crippen molar-refractivity contribution < 1.29 is 14.1 Å². The highest BCUT2D eigenvalue weighted by atomic mass is 32.1. The maximum Gasteiger partial charge on any atom is 0.276 e. The van der Waals surface area contributed by atoms with Gasteiger partial charge in [-0.1, -0.05) is 5.16 Å². The van der Waals surface area contributed by atoms with Crippen molar-refractivity contribution in [2.75, 3.05) is 44.3 Å². The Kier molecular flexibility index (Phi) is 4.40. The van der Waals surface area contributed by atoms with Gasteiger partial charge in [0, 0.05) is 55.2 Å². The fourth-order valence-corrected chi connectivity index (χ4v) is 4.94. The van der Waals surface area contributed by atoms with Crippen LogP contribution in [-0.2, 0) is 4.74 Å². The summed E-state index contributed by atoms with van der Waals surface area (Å²) in [6, 6.07) is 1.84. The van der Waals surface area contributed by atoms with Crippen LogP contribution in [0.25, 0.3) is 0 Å². The van der Waals surface area contributed by atoms with Gasteiger partial charge < -0.3 is 19.1 Å². The zero-order chi connectivity index (χ0) is 18.3. The van der Waals surface area contributed by atoms with Crippen LogP contribution < -0.4 is 4.90 Å². The molecule has 4 heterocycles. The second kappa shape index (κ2) is 6.91. The van der Waals surface area contributed by atoms with E-state index in [-0.39, 0.29) is 11.3 Å². The molecule has 2 aromatic heterocycles. The van der Waals surface area contributed by atoms with Crippen molar-refractivity contribution in [2.45, 2.75) is 31.6 Å². The van der Waals surface area contributed by atoms with Crippen LogP contribution in [0.4, 0.5) is 5.13 Å². The van der Waals surface area contributed by atoms with Gasteiger partial charge in [0.1, 0.15) is 5.76 Å². The Morgan fingerprint density at radius 2 is 2.22 bits per heavy atom. The van der Waals surface area contributed by atoms with Gasteiger partial charge in [-0.05, 0) is 25.7 Å². The quantitative estimate of drug-likeness (QED) is 0.805. The molecule has 1 amide bonds. The summed E-state index contributed by atoms with van der Waals surface area (Å²) in [5.74, 6) is 1.31. The van der Waals surface area contributed by atoms with Crippen LogP contribution in [0.3, 0.4) is 0 Å². The molecule has 2 aromatic rings. The lowest BCUT2D eigenvalue weighted by molar-refractivity contribution is 0.0131. The van der Waals surface area contributed by atoms with Crippen LogP contribution in [-0.4, -0.2) is 60.3 Å². The second-order valence-corrected chi connectivity index (χ2v) is 8.88. The molecule has 2 saturated heterocycles. The van der Waals surface area contributed by atoms with Crippen molar-refractivity contribution in [3.8, 4) is 0 Å². The summed E-state index contributed by atoms with van der Waals surface area (Å²) in [4.78, 5) is 21.7. The summed E-state index contributed by atoms with van der Waals surface area (Å²) in [7, 11) is 0. The van der Waals surface area contributed by atoms with Gasteiger partial charge in [-0.2, -0.15) is 0 Å². The number of likely N-dealkylation sites (tertiary alicyclic amines) is 1. The largest absolute Gasteiger partial charge is 0.379 e. The molecule has 0 bridgehead atoms. The lowest BCUT2D eigenvalue weighted by Crippen LogP contribution is -2.52. The SMILES string of the molecule is O=C(c1cc(C2CC2)on1)N1CCCC2(COCCN(c3nccs3)C2)C1. The Morgan fingerprint density at radius 3 is 3.04 bits per heavy atom. The zero-order valence-electron chi connectivity index (χ0n) is 15.3. The van der Waals surface area contributed by atoms with E-state index in [9.17, 15) is 4.79 Å². The van der Waals surface area contributed by atoms with Crippen LogP contribution in [0.15, 0.2) is 22.2 Å². The number of thiazole rings is 1. The first kappa shape index (κ1) is 17.2. The lowest BCUT2D eigenvalue weighted by Gasteiger charge is -2.43. The third kappa shape index (κ3) is 3.48. The van der Waals surface area contributed by atoms with E-state index >= 15 is 0 Å². The summed E-state index contributed by atoms with van der Waals surface area (Å²) < 4.78 is 11.3. The average Bonchev–Trinajstić information content (AvgIpc) is 3.23. The number of ether oxygens (including phenoxy) is 1.